The van der Waals surface area contributed by atoms with Gasteiger partial charge in [-0.1, -0.05) is 28.1 Å². The summed E-state index contributed by atoms with van der Waals surface area (Å²) in [6.07, 6.45) is 1.99. The second-order valence-electron chi connectivity index (χ2n) is 3.37. The van der Waals surface area contributed by atoms with Crippen molar-refractivity contribution in [3.63, 3.8) is 0 Å². The molecule has 2 rings (SSSR count). The first-order valence-electron chi connectivity index (χ1n) is 4.69. The van der Waals surface area contributed by atoms with Crippen molar-refractivity contribution >= 4 is 15.9 Å². The first-order chi connectivity index (χ1) is 7.20. The Morgan fingerprint density at radius 3 is 2.60 bits per heavy atom. The largest absolute Gasteiger partial charge is 0.325 e. The Labute approximate surface area is 97.0 Å². The second-order valence-corrected chi connectivity index (χ2v) is 4.29. The average molecular weight is 266 g/mol. The number of halogens is 1. The molecule has 0 fully saturated rings. The summed E-state index contributed by atoms with van der Waals surface area (Å²) in [6.45, 7) is 0.465. The minimum atomic E-state index is 0.465. The molecule has 0 bridgehead atoms. The minimum Gasteiger partial charge on any atom is -0.325 e. The number of aromatic nitrogens is 2. The molecule has 0 saturated carbocycles. The zero-order valence-corrected chi connectivity index (χ0v) is 10.0. The smallest absolute Gasteiger partial charge is 0.0838 e. The van der Waals surface area contributed by atoms with E-state index < -0.39 is 0 Å². The zero-order chi connectivity index (χ0) is 10.8. The van der Waals surface area contributed by atoms with Gasteiger partial charge in [-0.25, -0.2) is 0 Å². The average Bonchev–Trinajstić information content (AvgIpc) is 2.61. The second kappa shape index (κ2) is 4.16. The van der Waals surface area contributed by atoms with Crippen LogP contribution in [0, 0.1) is 0 Å². The molecule has 1 heterocycles. The molecule has 2 aromatic rings. The van der Waals surface area contributed by atoms with Crippen LogP contribution in [-0.2, 0) is 13.6 Å². The molecule has 3 nitrogen and oxygen atoms in total. The monoisotopic (exact) mass is 265 g/mol. The summed E-state index contributed by atoms with van der Waals surface area (Å²) in [5.41, 5.74) is 8.83. The molecule has 0 atom stereocenters. The first-order valence-corrected chi connectivity index (χ1v) is 5.48. The molecular formula is C11H12BrN3. The highest BCUT2D eigenvalue weighted by atomic mass is 79.9. The van der Waals surface area contributed by atoms with E-state index in [0.29, 0.717) is 6.54 Å². The Morgan fingerprint density at radius 2 is 2.00 bits per heavy atom. The maximum atomic E-state index is 5.65. The molecule has 0 amide bonds. The lowest BCUT2D eigenvalue weighted by Crippen LogP contribution is -1.99. The van der Waals surface area contributed by atoms with Crippen LogP contribution in [0.4, 0.5) is 0 Å². The highest BCUT2D eigenvalue weighted by Crippen LogP contribution is 2.24. The summed E-state index contributed by atoms with van der Waals surface area (Å²) in [4.78, 5) is 0. The molecule has 1 aromatic carbocycles. The van der Waals surface area contributed by atoms with Gasteiger partial charge in [-0.3, -0.25) is 4.68 Å². The fourth-order valence-corrected chi connectivity index (χ4v) is 1.82. The van der Waals surface area contributed by atoms with Gasteiger partial charge in [0.05, 0.1) is 5.69 Å². The summed E-state index contributed by atoms with van der Waals surface area (Å²) >= 11 is 3.41. The van der Waals surface area contributed by atoms with Crippen LogP contribution in [-0.4, -0.2) is 9.78 Å². The summed E-state index contributed by atoms with van der Waals surface area (Å²) in [5.74, 6) is 0. The van der Waals surface area contributed by atoms with E-state index in [0.717, 1.165) is 21.3 Å². The first kappa shape index (κ1) is 10.4. The van der Waals surface area contributed by atoms with Crippen LogP contribution in [0.1, 0.15) is 5.69 Å². The SMILES string of the molecule is Cn1cc(-c2ccc(Br)cc2)c(CN)n1. The van der Waals surface area contributed by atoms with Crippen molar-refractivity contribution in [1.29, 1.82) is 0 Å². The van der Waals surface area contributed by atoms with Crippen LogP contribution >= 0.6 is 15.9 Å². The van der Waals surface area contributed by atoms with Gasteiger partial charge in [-0.05, 0) is 17.7 Å². The Balaban J connectivity index is 2.48. The van der Waals surface area contributed by atoms with E-state index in [1.165, 1.54) is 0 Å². The van der Waals surface area contributed by atoms with Crippen molar-refractivity contribution in [3.05, 3.63) is 40.6 Å². The van der Waals surface area contributed by atoms with Crippen LogP contribution in [0.25, 0.3) is 11.1 Å². The lowest BCUT2D eigenvalue weighted by atomic mass is 10.1. The molecule has 0 saturated heterocycles. The number of hydrogen-bond acceptors (Lipinski definition) is 2. The molecule has 0 aliphatic heterocycles. The van der Waals surface area contributed by atoms with Gasteiger partial charge in [0.25, 0.3) is 0 Å². The standard InChI is InChI=1S/C11H12BrN3/c1-15-7-10(11(6-13)14-15)8-2-4-9(12)5-3-8/h2-5,7H,6,13H2,1H3. The highest BCUT2D eigenvalue weighted by molar-refractivity contribution is 9.10. The van der Waals surface area contributed by atoms with E-state index in [9.17, 15) is 0 Å². The van der Waals surface area contributed by atoms with Crippen molar-refractivity contribution in [2.75, 3.05) is 0 Å². The van der Waals surface area contributed by atoms with Gasteiger partial charge >= 0.3 is 0 Å². The fourth-order valence-electron chi connectivity index (χ4n) is 1.56. The predicted molar refractivity (Wildman–Crippen MR) is 64.2 cm³/mol. The molecule has 0 spiro atoms. The van der Waals surface area contributed by atoms with Crippen LogP contribution in [0.3, 0.4) is 0 Å². The molecule has 78 valence electrons. The van der Waals surface area contributed by atoms with Crippen molar-refractivity contribution in [1.82, 2.24) is 9.78 Å². The van der Waals surface area contributed by atoms with Gasteiger partial charge in [-0.2, -0.15) is 5.10 Å². The lowest BCUT2D eigenvalue weighted by Gasteiger charge is -2.00. The minimum absolute atomic E-state index is 0.465. The summed E-state index contributed by atoms with van der Waals surface area (Å²) in [5, 5.41) is 4.31. The number of rotatable bonds is 2. The van der Waals surface area contributed by atoms with Crippen molar-refractivity contribution < 1.29 is 0 Å². The topological polar surface area (TPSA) is 43.8 Å². The van der Waals surface area contributed by atoms with Gasteiger partial charge in [0, 0.05) is 29.8 Å². The molecule has 2 N–H and O–H groups in total. The van der Waals surface area contributed by atoms with Gasteiger partial charge in [0.2, 0.25) is 0 Å². The lowest BCUT2D eigenvalue weighted by molar-refractivity contribution is 0.742. The zero-order valence-electron chi connectivity index (χ0n) is 8.44. The predicted octanol–water partition coefficient (Wildman–Crippen LogP) is 2.31. The van der Waals surface area contributed by atoms with Crippen LogP contribution in [0.15, 0.2) is 34.9 Å². The molecule has 0 aliphatic carbocycles. The third-order valence-corrected chi connectivity index (χ3v) is 2.78. The van der Waals surface area contributed by atoms with Crippen LogP contribution < -0.4 is 5.73 Å². The van der Waals surface area contributed by atoms with Gasteiger partial charge in [0.15, 0.2) is 0 Å². The Morgan fingerprint density at radius 1 is 1.33 bits per heavy atom. The van der Waals surface area contributed by atoms with Gasteiger partial charge < -0.3 is 5.73 Å². The van der Waals surface area contributed by atoms with Crippen molar-refractivity contribution in [3.8, 4) is 11.1 Å². The molecule has 1 aromatic heterocycles. The number of aryl methyl sites for hydroxylation is 1. The Bertz CT molecular complexity index is 459. The molecule has 4 heteroatoms. The molecule has 0 unspecified atom stereocenters. The van der Waals surface area contributed by atoms with E-state index in [1.807, 2.05) is 25.4 Å². The number of nitrogens with zero attached hydrogens (tertiary/aromatic N) is 2. The number of nitrogens with two attached hydrogens (primary N) is 1. The number of hydrogen-bond donors (Lipinski definition) is 1. The third kappa shape index (κ3) is 2.11. The molecule has 0 aliphatic rings. The molecule has 15 heavy (non-hydrogen) atoms. The molecular weight excluding hydrogens is 254 g/mol. The summed E-state index contributed by atoms with van der Waals surface area (Å²) in [7, 11) is 1.90. The van der Waals surface area contributed by atoms with Gasteiger partial charge in [0.1, 0.15) is 0 Å². The Kier molecular flexibility index (Phi) is 2.88. The number of benzene rings is 1. The Hall–Kier alpha value is -1.13. The van der Waals surface area contributed by atoms with Crippen molar-refractivity contribution in [2.24, 2.45) is 12.8 Å². The molecule has 0 radical (unpaired) electrons. The van der Waals surface area contributed by atoms with E-state index in [1.54, 1.807) is 4.68 Å². The van der Waals surface area contributed by atoms with E-state index >= 15 is 0 Å². The van der Waals surface area contributed by atoms with E-state index in [-0.39, 0.29) is 0 Å². The normalized spacial score (nSPS) is 10.6. The third-order valence-electron chi connectivity index (χ3n) is 2.25. The van der Waals surface area contributed by atoms with E-state index in [2.05, 4.69) is 33.2 Å². The summed E-state index contributed by atoms with van der Waals surface area (Å²) in [6, 6.07) is 8.14. The van der Waals surface area contributed by atoms with Crippen LogP contribution in [0.5, 0.6) is 0 Å². The maximum Gasteiger partial charge on any atom is 0.0838 e. The highest BCUT2D eigenvalue weighted by Gasteiger charge is 2.07. The quantitative estimate of drug-likeness (QED) is 0.906. The van der Waals surface area contributed by atoms with Crippen LogP contribution in [0.2, 0.25) is 0 Å². The van der Waals surface area contributed by atoms with E-state index in [4.69, 9.17) is 5.73 Å². The van der Waals surface area contributed by atoms with Gasteiger partial charge in [-0.15, -0.1) is 0 Å². The van der Waals surface area contributed by atoms with Crippen molar-refractivity contribution in [2.45, 2.75) is 6.54 Å². The maximum absolute atomic E-state index is 5.65. The fraction of sp³-hybridized carbons (Fsp3) is 0.182. The summed E-state index contributed by atoms with van der Waals surface area (Å²) < 4.78 is 2.86.